The van der Waals surface area contributed by atoms with Gasteiger partial charge >= 0.3 is 0 Å². The van der Waals surface area contributed by atoms with Crippen molar-refractivity contribution in [3.05, 3.63) is 88.5 Å². The summed E-state index contributed by atoms with van der Waals surface area (Å²) in [4.78, 5) is 15.4. The zero-order valence-corrected chi connectivity index (χ0v) is 15.2. The Morgan fingerprint density at radius 1 is 0.786 bits per heavy atom. The second-order valence-electron chi connectivity index (χ2n) is 6.44. The Kier molecular flexibility index (Phi) is 3.55. The van der Waals surface area contributed by atoms with E-state index in [1.165, 1.54) is 0 Å². The van der Waals surface area contributed by atoms with Crippen molar-refractivity contribution in [1.82, 2.24) is 9.97 Å². The van der Waals surface area contributed by atoms with Gasteiger partial charge in [-0.05, 0) is 22.9 Å². The van der Waals surface area contributed by atoms with E-state index >= 15 is 0 Å². The molecule has 0 aliphatic carbocycles. The molecule has 0 amide bonds. The lowest BCUT2D eigenvalue weighted by Crippen LogP contribution is -1.82. The summed E-state index contributed by atoms with van der Waals surface area (Å²) in [5, 5.41) is 4.77. The number of nitrogens with one attached hydrogen (secondary N) is 1. The molecule has 0 fully saturated rings. The maximum Gasteiger partial charge on any atom is 0.187 e. The number of hydrogen-bond acceptors (Lipinski definition) is 1. The first-order valence-corrected chi connectivity index (χ1v) is 8.97. The molecule has 5 heteroatoms. The van der Waals surface area contributed by atoms with Gasteiger partial charge in [-0.25, -0.2) is 14.7 Å². The minimum atomic E-state index is 0.407. The van der Waals surface area contributed by atoms with Crippen LogP contribution in [0.2, 0.25) is 5.02 Å². The van der Waals surface area contributed by atoms with Crippen molar-refractivity contribution in [2.45, 2.75) is 0 Å². The van der Waals surface area contributed by atoms with Crippen molar-refractivity contribution in [2.75, 3.05) is 0 Å². The van der Waals surface area contributed by atoms with Gasteiger partial charge in [-0.2, -0.15) is 0 Å². The molecular formula is C23H11ClN4. The van der Waals surface area contributed by atoms with Crippen LogP contribution in [0, 0.1) is 13.1 Å². The summed E-state index contributed by atoms with van der Waals surface area (Å²) >= 11 is 6.26. The van der Waals surface area contributed by atoms with Gasteiger partial charge in [0.25, 0.3) is 0 Å². The molecule has 5 aromatic rings. The van der Waals surface area contributed by atoms with Crippen LogP contribution in [0.4, 0.5) is 11.4 Å². The summed E-state index contributed by atoms with van der Waals surface area (Å²) in [6.45, 7) is 15.0. The summed E-state index contributed by atoms with van der Waals surface area (Å²) in [7, 11) is 0. The second kappa shape index (κ2) is 6.09. The molecule has 1 heterocycles. The summed E-state index contributed by atoms with van der Waals surface area (Å²) in [5.41, 5.74) is 3.04. The van der Waals surface area contributed by atoms with E-state index in [0.717, 1.165) is 32.6 Å². The fourth-order valence-corrected chi connectivity index (χ4v) is 3.89. The van der Waals surface area contributed by atoms with E-state index in [1.54, 1.807) is 18.2 Å². The minimum absolute atomic E-state index is 0.407. The highest BCUT2D eigenvalue weighted by Crippen LogP contribution is 2.41. The SMILES string of the molecule is [C-]#[N+]c1cccc([N+]#[C-])c1-c1nc2c3ccc(Cl)cc3c3ccccc3c2[nH]1. The quantitative estimate of drug-likeness (QED) is 0.241. The van der Waals surface area contributed by atoms with Gasteiger partial charge in [0.15, 0.2) is 11.4 Å². The van der Waals surface area contributed by atoms with Gasteiger partial charge in [-0.1, -0.05) is 60.1 Å². The van der Waals surface area contributed by atoms with Gasteiger partial charge < -0.3 is 4.98 Å². The average Bonchev–Trinajstić information content (AvgIpc) is 3.18. The Labute approximate surface area is 165 Å². The number of nitrogens with zero attached hydrogens (tertiary/aromatic N) is 3. The topological polar surface area (TPSA) is 37.4 Å². The third-order valence-corrected chi connectivity index (χ3v) is 5.16. The largest absolute Gasteiger partial charge is 0.340 e. The second-order valence-corrected chi connectivity index (χ2v) is 6.88. The van der Waals surface area contributed by atoms with E-state index < -0.39 is 0 Å². The number of fused-ring (bicyclic) bond motifs is 6. The zero-order valence-electron chi connectivity index (χ0n) is 14.5. The number of aromatic amines is 1. The Hall–Kier alpha value is -3.86. The Balaban J connectivity index is 1.98. The van der Waals surface area contributed by atoms with Crippen LogP contribution in [0.5, 0.6) is 0 Å². The lowest BCUT2D eigenvalue weighted by molar-refractivity contribution is 1.35. The summed E-state index contributed by atoms with van der Waals surface area (Å²) in [5.74, 6) is 0.528. The lowest BCUT2D eigenvalue weighted by Gasteiger charge is -2.06. The first kappa shape index (κ1) is 16.3. The van der Waals surface area contributed by atoms with Crippen LogP contribution in [0.25, 0.3) is 53.7 Å². The van der Waals surface area contributed by atoms with Gasteiger partial charge in [-0.15, -0.1) is 0 Å². The molecule has 4 nitrogen and oxygen atoms in total. The molecule has 1 aromatic heterocycles. The van der Waals surface area contributed by atoms with Crippen LogP contribution in [0.3, 0.4) is 0 Å². The standard InChI is InChI=1S/C23H11ClN4/c1-25-18-8-5-9-19(26-2)20(18)23-27-21-15-7-4-3-6-14(15)17-12-13(24)10-11-16(17)22(21)28-23/h3-12H,(H,27,28). The fraction of sp³-hybridized carbons (Fsp3) is 0. The molecule has 0 aliphatic heterocycles. The molecule has 1 N–H and O–H groups in total. The monoisotopic (exact) mass is 378 g/mol. The Morgan fingerprint density at radius 2 is 1.50 bits per heavy atom. The first-order chi connectivity index (χ1) is 13.7. The molecule has 0 atom stereocenters. The van der Waals surface area contributed by atoms with E-state index in [9.17, 15) is 0 Å². The van der Waals surface area contributed by atoms with Gasteiger partial charge in [0, 0.05) is 21.4 Å². The normalized spacial score (nSPS) is 11.0. The maximum atomic E-state index is 7.49. The number of halogens is 1. The van der Waals surface area contributed by atoms with Crippen molar-refractivity contribution < 1.29 is 0 Å². The molecule has 4 aromatic carbocycles. The third-order valence-electron chi connectivity index (χ3n) is 4.93. The highest BCUT2D eigenvalue weighted by Gasteiger charge is 2.18. The lowest BCUT2D eigenvalue weighted by atomic mass is 10.0. The maximum absolute atomic E-state index is 7.49. The van der Waals surface area contributed by atoms with Crippen LogP contribution in [0.1, 0.15) is 0 Å². The Morgan fingerprint density at radius 3 is 2.21 bits per heavy atom. The molecular weight excluding hydrogens is 368 g/mol. The van der Waals surface area contributed by atoms with Crippen molar-refractivity contribution in [3.63, 3.8) is 0 Å². The van der Waals surface area contributed by atoms with Crippen molar-refractivity contribution in [3.8, 4) is 11.4 Å². The third kappa shape index (κ3) is 2.26. The van der Waals surface area contributed by atoms with E-state index in [2.05, 4.69) is 20.7 Å². The summed E-state index contributed by atoms with van der Waals surface area (Å²) in [6, 6.07) is 19.0. The predicted octanol–water partition coefficient (Wildman–Crippen LogP) is 7.29. The number of imidazole rings is 1. The van der Waals surface area contributed by atoms with Crippen LogP contribution in [-0.2, 0) is 0 Å². The molecule has 0 saturated carbocycles. The van der Waals surface area contributed by atoms with Crippen LogP contribution in [0.15, 0.2) is 60.7 Å². The van der Waals surface area contributed by atoms with Gasteiger partial charge in [0.2, 0.25) is 0 Å². The van der Waals surface area contributed by atoms with E-state index in [0.29, 0.717) is 27.8 Å². The predicted molar refractivity (Wildman–Crippen MR) is 114 cm³/mol. The number of aromatic nitrogens is 2. The Bertz CT molecular complexity index is 1470. The van der Waals surface area contributed by atoms with E-state index in [-0.39, 0.29) is 0 Å². The zero-order chi connectivity index (χ0) is 19.3. The average molecular weight is 379 g/mol. The molecule has 0 unspecified atom stereocenters. The molecule has 5 rings (SSSR count). The van der Waals surface area contributed by atoms with Crippen LogP contribution in [-0.4, -0.2) is 9.97 Å². The van der Waals surface area contributed by atoms with Gasteiger partial charge in [-0.3, -0.25) is 0 Å². The molecule has 28 heavy (non-hydrogen) atoms. The van der Waals surface area contributed by atoms with Crippen molar-refractivity contribution in [2.24, 2.45) is 0 Å². The molecule has 0 bridgehead atoms. The molecule has 130 valence electrons. The van der Waals surface area contributed by atoms with Gasteiger partial charge in [0.05, 0.1) is 24.2 Å². The van der Waals surface area contributed by atoms with Crippen LogP contribution >= 0.6 is 11.6 Å². The number of benzene rings is 4. The number of rotatable bonds is 1. The molecule has 0 aliphatic rings. The summed E-state index contributed by atoms with van der Waals surface area (Å²) < 4.78 is 0. The number of hydrogen-bond donors (Lipinski definition) is 1. The van der Waals surface area contributed by atoms with Gasteiger partial charge in [0.1, 0.15) is 5.82 Å². The summed E-state index contributed by atoms with van der Waals surface area (Å²) in [6.07, 6.45) is 0. The van der Waals surface area contributed by atoms with Crippen molar-refractivity contribution >= 4 is 55.6 Å². The molecule has 0 radical (unpaired) electrons. The fourth-order valence-electron chi connectivity index (χ4n) is 3.72. The minimum Gasteiger partial charge on any atom is -0.340 e. The van der Waals surface area contributed by atoms with Crippen LogP contribution < -0.4 is 0 Å². The number of H-pyrrole nitrogens is 1. The smallest absolute Gasteiger partial charge is 0.187 e. The van der Waals surface area contributed by atoms with E-state index in [4.69, 9.17) is 29.7 Å². The first-order valence-electron chi connectivity index (χ1n) is 8.59. The van der Waals surface area contributed by atoms with Crippen molar-refractivity contribution in [1.29, 1.82) is 0 Å². The molecule has 0 saturated heterocycles. The molecule has 0 spiro atoms. The highest BCUT2D eigenvalue weighted by atomic mass is 35.5. The highest BCUT2D eigenvalue weighted by molar-refractivity contribution is 6.33. The van der Waals surface area contributed by atoms with E-state index in [1.807, 2.05) is 36.4 Å².